The highest BCUT2D eigenvalue weighted by molar-refractivity contribution is 8.82. The van der Waals surface area contributed by atoms with Gasteiger partial charge >= 0.3 is 0 Å². The lowest BCUT2D eigenvalue weighted by molar-refractivity contribution is 0.215. The van der Waals surface area contributed by atoms with Gasteiger partial charge in [-0.15, -0.1) is 0 Å². The Morgan fingerprint density at radius 1 is 0.343 bits per heavy atom. The highest BCUT2D eigenvalue weighted by Gasteiger charge is 2.31. The van der Waals surface area contributed by atoms with Crippen LogP contribution < -0.4 is 0 Å². The first-order chi connectivity index (χ1) is 34.2. The van der Waals surface area contributed by atoms with E-state index in [1.54, 1.807) is 107 Å². The molecule has 2 heterocycles. The lowest BCUT2D eigenvalue weighted by atomic mass is 10.0. The molecule has 1 aliphatic carbocycles. The van der Waals surface area contributed by atoms with Gasteiger partial charge in [0.05, 0.1) is 0 Å². The molecule has 0 spiro atoms. The third-order valence-corrected chi connectivity index (χ3v) is 107. The van der Waals surface area contributed by atoms with E-state index in [0.29, 0.717) is 4.75 Å². The maximum absolute atomic E-state index is 4.81. The van der Waals surface area contributed by atoms with Crippen LogP contribution in [0.15, 0.2) is 0 Å². The van der Waals surface area contributed by atoms with E-state index < -0.39 is 0 Å². The minimum Gasteiger partial charge on any atom is -0.302 e. The third-order valence-electron chi connectivity index (χ3n) is 5.53. The summed E-state index contributed by atoms with van der Waals surface area (Å²) >= 11 is 16.2. The molecule has 0 aromatic rings. The third kappa shape index (κ3) is 75.3. The van der Waals surface area contributed by atoms with Gasteiger partial charge in [0.1, 0.15) is 0 Å². The van der Waals surface area contributed by atoms with Gasteiger partial charge in [-0.05, 0) is 53.6 Å². The average molecular weight is 1880 g/mol. The zero-order valence-electron chi connectivity index (χ0n) is 35.1. The molecular formula is C19H39NS50. The molecule has 1 nitrogen and oxygen atoms in total. The van der Waals surface area contributed by atoms with Gasteiger partial charge in [-0.25, -0.2) is 0 Å². The van der Waals surface area contributed by atoms with Crippen LogP contribution in [0.3, 0.4) is 0 Å². The molecule has 51 heteroatoms. The minimum absolute atomic E-state index is 0.178. The van der Waals surface area contributed by atoms with Crippen LogP contribution in [0, 0.1) is 0 Å². The van der Waals surface area contributed by atoms with Crippen LogP contribution in [0.1, 0.15) is 85.5 Å². The van der Waals surface area contributed by atoms with Crippen LogP contribution >= 0.6 is 24.4 Å². The van der Waals surface area contributed by atoms with E-state index >= 15 is 0 Å². The van der Waals surface area contributed by atoms with Crippen molar-refractivity contribution in [2.45, 2.75) is 95.0 Å². The van der Waals surface area contributed by atoms with Gasteiger partial charge in [-0.2, -0.15) is 24.4 Å². The second-order valence-electron chi connectivity index (χ2n) is 11.4. The van der Waals surface area contributed by atoms with E-state index in [0.717, 1.165) is 6.54 Å². The zero-order valence-corrected chi connectivity index (χ0v) is 76.0. The zero-order chi connectivity index (χ0) is 51.0. The topological polar surface area (TPSA) is 3.24 Å². The highest BCUT2D eigenvalue weighted by Crippen LogP contribution is 2.42. The molecule has 0 aromatic heterocycles. The van der Waals surface area contributed by atoms with E-state index in [4.69, 9.17) is 22.4 Å². The highest BCUT2D eigenvalue weighted by atomic mass is 33.5. The Kier molecular flexibility index (Phi) is 78.6. The molecule has 3 aliphatic rings. The molecular weight excluding hydrogens is 1850 g/mol. The molecule has 3 fully saturated rings. The SMILES string of the molecule is C1CCCCC1.CC(C)(S)CN1CCCCC1.CC1(C)CS1.S=S=S=S=S=S=S=S=S=S=S=S=S=S=S=S=S=S=S=S=S=S=S=S=S=S=S=S=S=S=S=S=S=S=S=S=S=S=S=S=S=S=S=S=S=S=S=S. The Bertz CT molecular complexity index is 3600. The predicted octanol–water partition coefficient (Wildman–Crippen LogP) is 5.92. The summed E-state index contributed by atoms with van der Waals surface area (Å²) in [5.41, 5.74) is 0. The van der Waals surface area contributed by atoms with E-state index in [2.05, 4.69) is 45.2 Å². The van der Waals surface area contributed by atoms with Crippen molar-refractivity contribution in [3.63, 3.8) is 0 Å². The molecule has 2 aliphatic heterocycles. The Balaban J connectivity index is 0.00000172. The monoisotopic (exact) mass is 1880 g/mol. The Morgan fingerprint density at radius 2 is 0.486 bits per heavy atom. The number of thiol groups is 1. The van der Waals surface area contributed by atoms with Crippen molar-refractivity contribution in [1.29, 1.82) is 0 Å². The number of hydrogen-bond donors (Lipinski definition) is 1. The molecule has 3 rings (SSSR count). The molecule has 0 atom stereocenters. The Hall–Kier alpha value is 11.2. The lowest BCUT2D eigenvalue weighted by Gasteiger charge is -2.31. The van der Waals surface area contributed by atoms with Gasteiger partial charge in [-0.1, -0.05) is 44.9 Å². The minimum atomic E-state index is 0.178. The van der Waals surface area contributed by atoms with Crippen LogP contribution in [-0.2, 0) is 431 Å². The quantitative estimate of drug-likeness (QED) is 0.271. The molecule has 1 saturated carbocycles. The summed E-state index contributed by atoms with van der Waals surface area (Å²) in [6.45, 7) is 12.6. The van der Waals surface area contributed by atoms with E-state index in [1.807, 2.05) is 296 Å². The summed E-state index contributed by atoms with van der Waals surface area (Å²) in [5.74, 6) is 1.37. The fourth-order valence-electron chi connectivity index (χ4n) is 3.37. The van der Waals surface area contributed by atoms with Gasteiger partial charge in [0.25, 0.3) is 0 Å². The molecule has 0 unspecified atom stereocenters. The van der Waals surface area contributed by atoms with Crippen molar-refractivity contribution in [2.24, 2.45) is 0 Å². The van der Waals surface area contributed by atoms with Crippen LogP contribution in [0.4, 0.5) is 0 Å². The largest absolute Gasteiger partial charge is 0.302 e. The molecule has 0 amide bonds. The molecule has 2 saturated heterocycles. The van der Waals surface area contributed by atoms with Crippen LogP contribution in [0.2, 0.25) is 0 Å². The number of nitrogens with zero attached hydrogens (tertiary/aromatic N) is 1. The van der Waals surface area contributed by atoms with Crippen molar-refractivity contribution in [1.82, 2.24) is 4.90 Å². The van der Waals surface area contributed by atoms with Gasteiger partial charge in [0.15, 0.2) is 0 Å². The summed E-state index contributed by atoms with van der Waals surface area (Å²) < 4.78 is 0.845. The van der Waals surface area contributed by atoms with Crippen LogP contribution in [-0.4, -0.2) is 39.8 Å². The summed E-state index contributed by atoms with van der Waals surface area (Å²) in [4.78, 5) is 2.52. The standard InChI is InChI=1S/C9H19NS.C6H12.C4H8S.S48/c1-9(2,11)8-10-6-4-3-5-7-10;1-2-4-6-5-3-1;1-4(2)3-5-4;1-3-5-7-9-11-13-15-17-19-21-23-25-27-29-31-33-35-37-39-41-43-45-47-48-46-44-42-40-38-36-34-32-30-28-26-24-22-20-18-16-14-12-10-8-6-4-2/h11H,3-8H2,1-2H3;1-6H2;3H2,1-2H3;. The second kappa shape index (κ2) is 67.7. The normalized spacial score (nSPS) is 13.0. The smallest absolute Gasteiger partial charge is 0.0200 e. The van der Waals surface area contributed by atoms with E-state index in [9.17, 15) is 0 Å². The fourth-order valence-corrected chi connectivity index (χ4v) is 125. The van der Waals surface area contributed by atoms with Gasteiger partial charge < -0.3 is 4.90 Å². The van der Waals surface area contributed by atoms with Crippen LogP contribution in [0.25, 0.3) is 0 Å². The number of rotatable bonds is 2. The predicted molar refractivity (Wildman–Crippen MR) is 461 cm³/mol. The van der Waals surface area contributed by atoms with Crippen molar-refractivity contribution in [2.75, 3.05) is 25.4 Å². The number of likely N-dealkylation sites (tertiary alicyclic amines) is 1. The van der Waals surface area contributed by atoms with Crippen molar-refractivity contribution in [3.05, 3.63) is 0 Å². The lowest BCUT2D eigenvalue weighted by Crippen LogP contribution is -2.38. The first kappa shape index (κ1) is 81.2. The Labute approximate surface area is 566 Å². The molecule has 420 valence electrons. The van der Waals surface area contributed by atoms with Gasteiger partial charge in [0, 0.05) is 453 Å². The van der Waals surface area contributed by atoms with Gasteiger partial charge in [0.2, 0.25) is 0 Å². The van der Waals surface area contributed by atoms with Crippen molar-refractivity contribution >= 4 is 455 Å². The van der Waals surface area contributed by atoms with Crippen LogP contribution in [0.5, 0.6) is 0 Å². The molecule has 0 aromatic carbocycles. The summed E-state index contributed by atoms with van der Waals surface area (Å²) in [7, 11) is 82.0. The Morgan fingerprint density at radius 3 is 0.614 bits per heavy atom. The number of hydrogen-bond acceptors (Lipinski definition) is 5. The second-order valence-corrected chi connectivity index (χ2v) is 95.7. The van der Waals surface area contributed by atoms with E-state index in [-0.39, 0.29) is 4.75 Å². The molecule has 0 radical (unpaired) electrons. The molecule has 70 heavy (non-hydrogen) atoms. The average Bonchev–Trinajstić information content (AvgIpc) is 4.07. The first-order valence-electron chi connectivity index (χ1n) is 17.2. The first-order valence-corrected chi connectivity index (χ1v) is 81.3. The fraction of sp³-hybridized carbons (Fsp3) is 1.00. The van der Waals surface area contributed by atoms with Crippen molar-refractivity contribution < 1.29 is 0 Å². The summed E-state index contributed by atoms with van der Waals surface area (Å²) in [6.07, 6.45) is 13.2. The summed E-state index contributed by atoms with van der Waals surface area (Å²) in [6, 6.07) is 0. The maximum atomic E-state index is 4.81. The molecule has 0 bridgehead atoms. The molecule has 0 N–H and O–H groups in total. The van der Waals surface area contributed by atoms with Crippen molar-refractivity contribution in [3.8, 4) is 0 Å². The van der Waals surface area contributed by atoms with E-state index in [1.165, 1.54) is 94.4 Å². The maximum Gasteiger partial charge on any atom is 0.0200 e. The van der Waals surface area contributed by atoms with Gasteiger partial charge in [-0.3, -0.25) is 0 Å². The number of piperidine rings is 1. The number of thioether (sulfide) groups is 1. The summed E-state index contributed by atoms with van der Waals surface area (Å²) in [5, 5.41) is 0.